The van der Waals surface area contributed by atoms with Gasteiger partial charge in [-0.05, 0) is 31.7 Å². The van der Waals surface area contributed by atoms with Crippen molar-refractivity contribution in [1.82, 2.24) is 18.8 Å². The summed E-state index contributed by atoms with van der Waals surface area (Å²) in [4.78, 5) is 28.4. The number of carbonyl (C=O) groups excluding carboxylic acids is 2. The summed E-state index contributed by atoms with van der Waals surface area (Å²) in [5.74, 6) is -0.271. The number of nitriles is 1. The highest BCUT2D eigenvalue weighted by molar-refractivity contribution is 7.86. The molecule has 5 rings (SSSR count). The Kier molecular flexibility index (Phi) is 6.70. The molecule has 1 N–H and O–H groups in total. The molecule has 188 valence electrons. The molecule has 35 heavy (non-hydrogen) atoms. The number of carbonyl (C=O) groups is 2. The van der Waals surface area contributed by atoms with Crippen LogP contribution in [0.2, 0.25) is 0 Å². The van der Waals surface area contributed by atoms with Gasteiger partial charge in [0.2, 0.25) is 11.8 Å². The van der Waals surface area contributed by atoms with Crippen molar-refractivity contribution in [3.05, 3.63) is 29.8 Å². The van der Waals surface area contributed by atoms with Crippen LogP contribution in [0.25, 0.3) is 0 Å². The van der Waals surface area contributed by atoms with E-state index in [1.165, 1.54) is 8.61 Å². The molecule has 4 aliphatic heterocycles. The van der Waals surface area contributed by atoms with Crippen molar-refractivity contribution in [3.63, 3.8) is 0 Å². The summed E-state index contributed by atoms with van der Waals surface area (Å²) in [6.45, 7) is 1.92. The second kappa shape index (κ2) is 9.76. The minimum Gasteiger partial charge on any atom is -0.493 e. The second-order valence-electron chi connectivity index (χ2n) is 9.77. The molecule has 11 heteroatoms. The summed E-state index contributed by atoms with van der Waals surface area (Å²) in [6, 6.07) is 9.05. The number of hydrogen-bond donors (Lipinski definition) is 1. The number of para-hydroxylation sites is 1. The lowest BCUT2D eigenvalue weighted by atomic mass is 9.97. The maximum atomic E-state index is 13.5. The summed E-state index contributed by atoms with van der Waals surface area (Å²) in [5.41, 5.74) is 0.945. The van der Waals surface area contributed by atoms with E-state index in [0.717, 1.165) is 17.7 Å². The van der Waals surface area contributed by atoms with Crippen LogP contribution in [0, 0.1) is 23.2 Å². The topological polar surface area (TPSA) is 123 Å². The van der Waals surface area contributed by atoms with Crippen molar-refractivity contribution in [3.8, 4) is 11.8 Å². The van der Waals surface area contributed by atoms with E-state index in [1.54, 1.807) is 4.90 Å². The van der Waals surface area contributed by atoms with Crippen molar-refractivity contribution >= 4 is 22.0 Å². The minimum atomic E-state index is -3.68. The van der Waals surface area contributed by atoms with E-state index in [1.807, 2.05) is 24.3 Å². The maximum Gasteiger partial charge on any atom is 0.282 e. The molecule has 0 aromatic heterocycles. The van der Waals surface area contributed by atoms with Gasteiger partial charge in [0.1, 0.15) is 11.8 Å². The quantitative estimate of drug-likeness (QED) is 0.643. The number of rotatable bonds is 5. The molecule has 0 aliphatic carbocycles. The summed E-state index contributed by atoms with van der Waals surface area (Å²) < 4.78 is 34.3. The Hall–Kier alpha value is -2.68. The van der Waals surface area contributed by atoms with Crippen LogP contribution in [-0.2, 0) is 19.8 Å². The number of amides is 2. The summed E-state index contributed by atoms with van der Waals surface area (Å²) in [7, 11) is -3.68. The van der Waals surface area contributed by atoms with Gasteiger partial charge in [0.15, 0.2) is 0 Å². The molecule has 4 aliphatic rings. The van der Waals surface area contributed by atoms with Crippen molar-refractivity contribution in [2.45, 2.75) is 44.2 Å². The lowest BCUT2D eigenvalue weighted by Gasteiger charge is -2.41. The van der Waals surface area contributed by atoms with Crippen molar-refractivity contribution in [2.24, 2.45) is 11.8 Å². The molecule has 3 atom stereocenters. The highest BCUT2D eigenvalue weighted by atomic mass is 32.2. The van der Waals surface area contributed by atoms with Crippen LogP contribution in [0.15, 0.2) is 24.3 Å². The summed E-state index contributed by atoms with van der Waals surface area (Å²) in [5, 5.41) is 12.1. The molecule has 10 nitrogen and oxygen atoms in total. The monoisotopic (exact) mass is 501 g/mol. The molecule has 3 saturated heterocycles. The first-order chi connectivity index (χ1) is 16.9. The lowest BCUT2D eigenvalue weighted by Crippen LogP contribution is -2.57. The van der Waals surface area contributed by atoms with Crippen LogP contribution in [-0.4, -0.2) is 79.1 Å². The Morgan fingerprint density at radius 3 is 2.60 bits per heavy atom. The molecule has 1 unspecified atom stereocenters. The zero-order valence-electron chi connectivity index (χ0n) is 19.6. The number of piperidine rings is 1. The van der Waals surface area contributed by atoms with Gasteiger partial charge in [-0.2, -0.15) is 22.3 Å². The van der Waals surface area contributed by atoms with Crippen molar-refractivity contribution < 1.29 is 22.7 Å². The van der Waals surface area contributed by atoms with Crippen LogP contribution < -0.4 is 10.1 Å². The van der Waals surface area contributed by atoms with E-state index in [9.17, 15) is 18.0 Å². The fourth-order valence-electron chi connectivity index (χ4n) is 5.52. The number of benzene rings is 1. The van der Waals surface area contributed by atoms with Crippen molar-refractivity contribution in [2.75, 3.05) is 39.3 Å². The SMILES string of the molecule is N#CC1CN(S(=O)(=O)N2CCC[C@H](C(=O)N3CCC[C@@H]3C(=O)NC3CCOc4ccccc43)C2)C1. The predicted molar refractivity (Wildman–Crippen MR) is 126 cm³/mol. The third kappa shape index (κ3) is 4.62. The number of nitrogens with zero attached hydrogens (tertiary/aromatic N) is 4. The van der Waals surface area contributed by atoms with Crippen LogP contribution in [0.4, 0.5) is 0 Å². The molecule has 0 bridgehead atoms. The Balaban J connectivity index is 1.23. The molecular weight excluding hydrogens is 470 g/mol. The molecule has 1 aromatic carbocycles. The van der Waals surface area contributed by atoms with Crippen LogP contribution >= 0.6 is 0 Å². The zero-order chi connectivity index (χ0) is 24.6. The smallest absolute Gasteiger partial charge is 0.282 e. The van der Waals surface area contributed by atoms with E-state index < -0.39 is 22.2 Å². The third-order valence-corrected chi connectivity index (χ3v) is 9.47. The lowest BCUT2D eigenvalue weighted by molar-refractivity contribution is -0.142. The van der Waals surface area contributed by atoms with Crippen LogP contribution in [0.5, 0.6) is 5.75 Å². The van der Waals surface area contributed by atoms with E-state index in [0.29, 0.717) is 45.4 Å². The molecular formula is C24H31N5O5S. The van der Waals surface area contributed by atoms with Gasteiger partial charge in [-0.15, -0.1) is 0 Å². The summed E-state index contributed by atoms with van der Waals surface area (Å²) in [6.07, 6.45) is 3.20. The highest BCUT2D eigenvalue weighted by Crippen LogP contribution is 2.33. The Labute approximate surface area is 206 Å². The average molecular weight is 502 g/mol. The van der Waals surface area contributed by atoms with E-state index in [-0.39, 0.29) is 43.4 Å². The fraction of sp³-hybridized carbons (Fsp3) is 0.625. The zero-order valence-corrected chi connectivity index (χ0v) is 20.5. The van der Waals surface area contributed by atoms with E-state index in [4.69, 9.17) is 10.00 Å². The third-order valence-electron chi connectivity index (χ3n) is 7.53. The van der Waals surface area contributed by atoms with Gasteiger partial charge >= 0.3 is 0 Å². The normalized spacial score (nSPS) is 27.9. The van der Waals surface area contributed by atoms with Gasteiger partial charge in [0, 0.05) is 44.7 Å². The van der Waals surface area contributed by atoms with Gasteiger partial charge < -0.3 is 15.0 Å². The number of ether oxygens (including phenoxy) is 1. The van der Waals surface area contributed by atoms with Gasteiger partial charge in [-0.1, -0.05) is 18.2 Å². The molecule has 1 aromatic rings. The average Bonchev–Trinajstić information content (AvgIpc) is 3.33. The first-order valence-electron chi connectivity index (χ1n) is 12.4. The van der Waals surface area contributed by atoms with Crippen LogP contribution in [0.1, 0.15) is 43.7 Å². The number of likely N-dealkylation sites (tertiary alicyclic amines) is 1. The van der Waals surface area contributed by atoms with E-state index in [2.05, 4.69) is 11.4 Å². The standard InChI is InChI=1S/C24H31N5O5S/c25-13-17-14-28(15-17)35(32,33)27-10-3-5-18(16-27)24(31)29-11-4-7-21(29)23(30)26-20-9-12-34-22-8-2-1-6-19(20)22/h1-2,6,8,17-18,20-21H,3-5,7,9-12,14-16H2,(H,26,30)/t18-,20?,21+/m0/s1. The molecule has 3 fully saturated rings. The second-order valence-corrected chi connectivity index (χ2v) is 11.7. The summed E-state index contributed by atoms with van der Waals surface area (Å²) >= 11 is 0. The Morgan fingerprint density at radius 1 is 1.03 bits per heavy atom. The Bertz CT molecular complexity index is 1130. The molecule has 0 radical (unpaired) electrons. The van der Waals surface area contributed by atoms with Gasteiger partial charge in [0.05, 0.1) is 30.6 Å². The Morgan fingerprint density at radius 2 is 1.80 bits per heavy atom. The molecule has 4 heterocycles. The number of nitrogens with one attached hydrogen (secondary N) is 1. The number of fused-ring (bicyclic) bond motifs is 1. The van der Waals surface area contributed by atoms with Crippen LogP contribution in [0.3, 0.4) is 0 Å². The molecule has 2 amide bonds. The first kappa shape index (κ1) is 24.0. The van der Waals surface area contributed by atoms with Crippen molar-refractivity contribution in [1.29, 1.82) is 5.26 Å². The minimum absolute atomic E-state index is 0.118. The number of hydrogen-bond acceptors (Lipinski definition) is 6. The molecule has 0 saturated carbocycles. The van der Waals surface area contributed by atoms with E-state index >= 15 is 0 Å². The predicted octanol–water partition coefficient (Wildman–Crippen LogP) is 1.03. The first-order valence-corrected chi connectivity index (χ1v) is 13.8. The maximum absolute atomic E-state index is 13.5. The molecule has 0 spiro atoms. The largest absolute Gasteiger partial charge is 0.493 e. The van der Waals surface area contributed by atoms with Gasteiger partial charge in [-0.3, -0.25) is 9.59 Å². The fourth-order valence-corrected chi connectivity index (χ4v) is 7.31. The highest BCUT2D eigenvalue weighted by Gasteiger charge is 2.44. The van der Waals surface area contributed by atoms with Gasteiger partial charge in [0.25, 0.3) is 10.2 Å². The van der Waals surface area contributed by atoms with Gasteiger partial charge in [-0.25, -0.2) is 0 Å².